The van der Waals surface area contributed by atoms with Crippen molar-refractivity contribution in [2.45, 2.75) is 26.3 Å². The van der Waals surface area contributed by atoms with Gasteiger partial charge in [0.15, 0.2) is 5.82 Å². The lowest BCUT2D eigenvalue weighted by Crippen LogP contribution is -2.24. The number of hydrogen-bond donors (Lipinski definition) is 1. The van der Waals surface area contributed by atoms with E-state index in [-0.39, 0.29) is 6.04 Å². The minimum Gasteiger partial charge on any atom is -0.383 e. The Kier molecular flexibility index (Phi) is 3.58. The van der Waals surface area contributed by atoms with Crippen molar-refractivity contribution in [3.8, 4) is 0 Å². The number of nitrogens with zero attached hydrogens (tertiary/aromatic N) is 3. The van der Waals surface area contributed by atoms with E-state index in [9.17, 15) is 0 Å². The lowest BCUT2D eigenvalue weighted by molar-refractivity contribution is 0.184. The summed E-state index contributed by atoms with van der Waals surface area (Å²) in [5.41, 5.74) is 1.99. The molecular formula is C12H18N4O. The average molecular weight is 234 g/mol. The molecule has 2 rings (SSSR count). The maximum atomic E-state index is 5.17. The van der Waals surface area contributed by atoms with Crippen LogP contribution in [-0.4, -0.2) is 34.4 Å². The summed E-state index contributed by atoms with van der Waals surface area (Å²) >= 11 is 0. The summed E-state index contributed by atoms with van der Waals surface area (Å²) in [7, 11) is 1.71. The average Bonchev–Trinajstić information content (AvgIpc) is 2.70. The van der Waals surface area contributed by atoms with Gasteiger partial charge in [0, 0.05) is 19.5 Å². The maximum Gasteiger partial charge on any atom is 0.152 e. The number of aryl methyl sites for hydroxylation is 1. The van der Waals surface area contributed by atoms with E-state index in [2.05, 4.69) is 22.3 Å². The van der Waals surface area contributed by atoms with Gasteiger partial charge in [-0.15, -0.1) is 0 Å². The van der Waals surface area contributed by atoms with Crippen molar-refractivity contribution < 1.29 is 4.74 Å². The zero-order valence-corrected chi connectivity index (χ0v) is 10.5. The van der Waals surface area contributed by atoms with Gasteiger partial charge in [-0.25, -0.2) is 9.50 Å². The molecule has 2 aromatic rings. The standard InChI is InChI=1S/C12H18N4O/c1-4-10(8-17-3)14-12-11-7-9(2)15-16(11)6-5-13-12/h5-7,10H,4,8H2,1-3H3,(H,13,14). The molecule has 0 aliphatic heterocycles. The summed E-state index contributed by atoms with van der Waals surface area (Å²) in [4.78, 5) is 4.36. The molecule has 0 aliphatic carbocycles. The summed E-state index contributed by atoms with van der Waals surface area (Å²) in [6, 6.07) is 2.29. The fourth-order valence-electron chi connectivity index (χ4n) is 1.81. The molecule has 0 bridgehead atoms. The number of anilines is 1. The second-order valence-corrected chi connectivity index (χ2v) is 4.10. The normalized spacial score (nSPS) is 12.9. The monoisotopic (exact) mass is 234 g/mol. The topological polar surface area (TPSA) is 51.5 Å². The van der Waals surface area contributed by atoms with E-state index in [1.165, 1.54) is 0 Å². The molecule has 0 aliphatic rings. The van der Waals surface area contributed by atoms with Crippen LogP contribution in [0.15, 0.2) is 18.5 Å². The van der Waals surface area contributed by atoms with E-state index in [0.717, 1.165) is 23.4 Å². The van der Waals surface area contributed by atoms with Crippen molar-refractivity contribution in [2.75, 3.05) is 19.0 Å². The second kappa shape index (κ2) is 5.14. The zero-order chi connectivity index (χ0) is 12.3. The Labute approximate surface area is 101 Å². The predicted octanol–water partition coefficient (Wildman–Crippen LogP) is 1.87. The summed E-state index contributed by atoms with van der Waals surface area (Å²) in [5.74, 6) is 0.858. The summed E-state index contributed by atoms with van der Waals surface area (Å²) in [6.45, 7) is 4.77. The van der Waals surface area contributed by atoms with Crippen LogP contribution in [0.25, 0.3) is 5.52 Å². The van der Waals surface area contributed by atoms with Crippen LogP contribution in [0.4, 0.5) is 5.82 Å². The van der Waals surface area contributed by atoms with E-state index in [1.54, 1.807) is 13.3 Å². The maximum absolute atomic E-state index is 5.17. The molecule has 0 radical (unpaired) electrons. The highest BCUT2D eigenvalue weighted by Crippen LogP contribution is 2.16. The first-order valence-corrected chi connectivity index (χ1v) is 5.81. The summed E-state index contributed by atoms with van der Waals surface area (Å²) in [6.07, 6.45) is 4.59. The van der Waals surface area contributed by atoms with E-state index in [1.807, 2.05) is 23.7 Å². The highest BCUT2D eigenvalue weighted by molar-refractivity contribution is 5.67. The number of methoxy groups -OCH3 is 1. The van der Waals surface area contributed by atoms with Gasteiger partial charge in [0.05, 0.1) is 18.3 Å². The van der Waals surface area contributed by atoms with Gasteiger partial charge in [0.1, 0.15) is 5.52 Å². The molecule has 5 nitrogen and oxygen atoms in total. The third-order valence-corrected chi connectivity index (χ3v) is 2.71. The van der Waals surface area contributed by atoms with Crippen LogP contribution in [0.5, 0.6) is 0 Å². The van der Waals surface area contributed by atoms with Crippen LogP contribution in [0, 0.1) is 6.92 Å². The van der Waals surface area contributed by atoms with Gasteiger partial charge >= 0.3 is 0 Å². The van der Waals surface area contributed by atoms with Crippen LogP contribution in [0.3, 0.4) is 0 Å². The Hall–Kier alpha value is -1.62. The Balaban J connectivity index is 2.28. The lowest BCUT2D eigenvalue weighted by Gasteiger charge is -2.16. The number of nitrogens with one attached hydrogen (secondary N) is 1. The Morgan fingerprint density at radius 1 is 1.53 bits per heavy atom. The Morgan fingerprint density at radius 2 is 2.35 bits per heavy atom. The van der Waals surface area contributed by atoms with Crippen molar-refractivity contribution in [1.29, 1.82) is 0 Å². The number of ether oxygens (including phenoxy) is 1. The van der Waals surface area contributed by atoms with E-state index < -0.39 is 0 Å². The van der Waals surface area contributed by atoms with Crippen LogP contribution < -0.4 is 5.32 Å². The van der Waals surface area contributed by atoms with Gasteiger partial charge in [-0.1, -0.05) is 6.92 Å². The SMILES string of the molecule is CCC(COC)Nc1nccn2nc(C)cc12. The van der Waals surface area contributed by atoms with Gasteiger partial charge in [-0.2, -0.15) is 5.10 Å². The first-order chi connectivity index (χ1) is 8.24. The van der Waals surface area contributed by atoms with Crippen LogP contribution in [0.1, 0.15) is 19.0 Å². The molecule has 2 heterocycles. The van der Waals surface area contributed by atoms with Crippen LogP contribution in [0.2, 0.25) is 0 Å². The summed E-state index contributed by atoms with van der Waals surface area (Å²) in [5, 5.41) is 7.75. The predicted molar refractivity (Wildman–Crippen MR) is 67.3 cm³/mol. The molecular weight excluding hydrogens is 216 g/mol. The molecule has 2 aromatic heterocycles. The molecule has 0 saturated heterocycles. The number of aromatic nitrogens is 3. The first kappa shape index (κ1) is 11.9. The van der Waals surface area contributed by atoms with Crippen molar-refractivity contribution >= 4 is 11.3 Å². The molecule has 92 valence electrons. The molecule has 0 fully saturated rings. The molecule has 0 amide bonds. The molecule has 1 unspecified atom stereocenters. The molecule has 1 N–H and O–H groups in total. The molecule has 0 aromatic carbocycles. The van der Waals surface area contributed by atoms with Gasteiger partial charge in [-0.3, -0.25) is 0 Å². The lowest BCUT2D eigenvalue weighted by atomic mass is 10.2. The van der Waals surface area contributed by atoms with Gasteiger partial charge in [0.25, 0.3) is 0 Å². The van der Waals surface area contributed by atoms with Crippen molar-refractivity contribution in [2.24, 2.45) is 0 Å². The van der Waals surface area contributed by atoms with Gasteiger partial charge < -0.3 is 10.1 Å². The third kappa shape index (κ3) is 2.55. The highest BCUT2D eigenvalue weighted by atomic mass is 16.5. The molecule has 17 heavy (non-hydrogen) atoms. The van der Waals surface area contributed by atoms with E-state index in [0.29, 0.717) is 6.61 Å². The van der Waals surface area contributed by atoms with Crippen molar-refractivity contribution in [3.63, 3.8) is 0 Å². The molecule has 5 heteroatoms. The third-order valence-electron chi connectivity index (χ3n) is 2.71. The molecule has 0 saturated carbocycles. The van der Waals surface area contributed by atoms with E-state index >= 15 is 0 Å². The largest absolute Gasteiger partial charge is 0.383 e. The molecule has 0 spiro atoms. The first-order valence-electron chi connectivity index (χ1n) is 5.81. The highest BCUT2D eigenvalue weighted by Gasteiger charge is 2.10. The zero-order valence-electron chi connectivity index (χ0n) is 10.5. The minimum absolute atomic E-state index is 0.272. The smallest absolute Gasteiger partial charge is 0.152 e. The quantitative estimate of drug-likeness (QED) is 0.858. The van der Waals surface area contributed by atoms with Crippen molar-refractivity contribution in [1.82, 2.24) is 14.6 Å². The van der Waals surface area contributed by atoms with Gasteiger partial charge in [-0.05, 0) is 19.4 Å². The van der Waals surface area contributed by atoms with Crippen LogP contribution >= 0.6 is 0 Å². The molecule has 1 atom stereocenters. The Bertz CT molecular complexity index is 494. The van der Waals surface area contributed by atoms with E-state index in [4.69, 9.17) is 4.74 Å². The van der Waals surface area contributed by atoms with Crippen LogP contribution in [-0.2, 0) is 4.74 Å². The summed E-state index contributed by atoms with van der Waals surface area (Å²) < 4.78 is 7.01. The number of hydrogen-bond acceptors (Lipinski definition) is 4. The fourth-order valence-corrected chi connectivity index (χ4v) is 1.81. The Morgan fingerprint density at radius 3 is 3.06 bits per heavy atom. The minimum atomic E-state index is 0.272. The number of fused-ring (bicyclic) bond motifs is 1. The second-order valence-electron chi connectivity index (χ2n) is 4.10. The number of rotatable bonds is 5. The van der Waals surface area contributed by atoms with Crippen molar-refractivity contribution in [3.05, 3.63) is 24.2 Å². The van der Waals surface area contributed by atoms with Gasteiger partial charge in [0.2, 0.25) is 0 Å². The fraction of sp³-hybridized carbons (Fsp3) is 0.500.